The maximum Gasteiger partial charge on any atom is 0.235 e. The summed E-state index contributed by atoms with van der Waals surface area (Å²) in [4.78, 5) is 13.2. The lowest BCUT2D eigenvalue weighted by atomic mass is 9.64. The Morgan fingerprint density at radius 2 is 1.96 bits per heavy atom. The minimum absolute atomic E-state index is 0.0138. The number of rotatable bonds is 5. The van der Waals surface area contributed by atoms with Gasteiger partial charge in [0.2, 0.25) is 5.91 Å². The third-order valence-corrected chi connectivity index (χ3v) is 6.02. The highest BCUT2D eigenvalue weighted by Gasteiger charge is 2.45. The Morgan fingerprint density at radius 3 is 2.68 bits per heavy atom. The Hall–Kier alpha value is -2.73. The molecule has 1 aromatic heterocycles. The van der Waals surface area contributed by atoms with E-state index in [9.17, 15) is 4.79 Å². The monoisotopic (exact) mass is 393 g/mol. The fourth-order valence-corrected chi connectivity index (χ4v) is 4.09. The average Bonchev–Trinajstić information content (AvgIpc) is 3.37. The predicted molar refractivity (Wildman–Crippen MR) is 107 cm³/mol. The lowest BCUT2D eigenvalue weighted by molar-refractivity contribution is -0.124. The second kappa shape index (κ2) is 6.71. The molecule has 1 amide bonds. The number of nitrogens with one attached hydrogen (secondary N) is 1. The normalized spacial score (nSPS) is 17.8. The van der Waals surface area contributed by atoms with Crippen molar-refractivity contribution in [3.8, 4) is 11.4 Å². The van der Waals surface area contributed by atoms with Gasteiger partial charge in [0.1, 0.15) is 0 Å². The van der Waals surface area contributed by atoms with E-state index < -0.39 is 5.41 Å². The number of amides is 1. The van der Waals surface area contributed by atoms with Crippen LogP contribution in [0.5, 0.6) is 0 Å². The maximum atomic E-state index is 13.2. The van der Waals surface area contributed by atoms with E-state index in [0.29, 0.717) is 11.1 Å². The Balaban J connectivity index is 1.41. The van der Waals surface area contributed by atoms with Gasteiger partial charge in [-0.15, -0.1) is 5.10 Å². The van der Waals surface area contributed by atoms with Crippen LogP contribution in [0.3, 0.4) is 0 Å². The van der Waals surface area contributed by atoms with E-state index in [1.807, 2.05) is 53.2 Å². The Labute approximate surface area is 167 Å². The molecule has 0 aliphatic heterocycles. The van der Waals surface area contributed by atoms with E-state index in [-0.39, 0.29) is 5.91 Å². The van der Waals surface area contributed by atoms with E-state index >= 15 is 0 Å². The number of hydrogen-bond acceptors (Lipinski definition) is 4. The van der Waals surface area contributed by atoms with Gasteiger partial charge in [0.15, 0.2) is 5.82 Å². The fourth-order valence-electron chi connectivity index (χ4n) is 3.90. The van der Waals surface area contributed by atoms with Crippen molar-refractivity contribution < 1.29 is 4.79 Å². The second-order valence-electron chi connectivity index (χ2n) is 7.66. The summed E-state index contributed by atoms with van der Waals surface area (Å²) in [6, 6.07) is 15.8. The number of anilines is 1. The van der Waals surface area contributed by atoms with Crippen molar-refractivity contribution in [3.05, 3.63) is 59.1 Å². The molecule has 1 N–H and O–H groups in total. The highest BCUT2D eigenvalue weighted by atomic mass is 35.5. The van der Waals surface area contributed by atoms with Crippen LogP contribution >= 0.6 is 11.6 Å². The van der Waals surface area contributed by atoms with Gasteiger partial charge in [0.25, 0.3) is 0 Å². The molecule has 0 spiro atoms. The standard InChI is InChI=1S/C21H20ClN5O/c22-16-6-2-5-15(13-16)21(10-3-11-21)20(28)23-17-7-1-4-14(12-17)19-24-25-26-27(19)18-8-9-18/h1-2,4-7,12-13,18H,3,8-11H2,(H,23,28). The van der Waals surface area contributed by atoms with Crippen molar-refractivity contribution in [2.75, 3.05) is 5.32 Å². The van der Waals surface area contributed by atoms with Crippen LogP contribution in [0, 0.1) is 0 Å². The molecule has 0 atom stereocenters. The number of aromatic nitrogens is 4. The molecule has 0 bridgehead atoms. The first kappa shape index (κ1) is 17.4. The summed E-state index contributed by atoms with van der Waals surface area (Å²) in [5.41, 5.74) is 2.13. The quantitative estimate of drug-likeness (QED) is 0.697. The van der Waals surface area contributed by atoms with E-state index in [1.165, 1.54) is 0 Å². The van der Waals surface area contributed by atoms with E-state index in [4.69, 9.17) is 11.6 Å². The molecule has 6 nitrogen and oxygen atoms in total. The first-order valence-electron chi connectivity index (χ1n) is 9.61. The van der Waals surface area contributed by atoms with Crippen LogP contribution in [0.25, 0.3) is 11.4 Å². The number of nitrogens with zero attached hydrogens (tertiary/aromatic N) is 4. The topological polar surface area (TPSA) is 72.7 Å². The predicted octanol–water partition coefficient (Wildman–Crippen LogP) is 4.39. The smallest absolute Gasteiger partial charge is 0.235 e. The van der Waals surface area contributed by atoms with Gasteiger partial charge in [0.05, 0.1) is 11.5 Å². The number of carbonyl (C=O) groups is 1. The zero-order valence-corrected chi connectivity index (χ0v) is 16.1. The minimum Gasteiger partial charge on any atom is -0.325 e. The zero-order valence-electron chi connectivity index (χ0n) is 15.3. The van der Waals surface area contributed by atoms with Crippen molar-refractivity contribution in [2.45, 2.75) is 43.6 Å². The summed E-state index contributed by atoms with van der Waals surface area (Å²) >= 11 is 6.17. The van der Waals surface area contributed by atoms with Crippen LogP contribution in [0.15, 0.2) is 48.5 Å². The fraction of sp³-hybridized carbons (Fsp3) is 0.333. The third kappa shape index (κ3) is 2.98. The third-order valence-electron chi connectivity index (χ3n) is 5.78. The molecule has 5 rings (SSSR count). The highest BCUT2D eigenvalue weighted by Crippen LogP contribution is 2.45. The Kier molecular flexibility index (Phi) is 4.16. The summed E-state index contributed by atoms with van der Waals surface area (Å²) in [5, 5.41) is 15.9. The highest BCUT2D eigenvalue weighted by molar-refractivity contribution is 6.30. The molecule has 142 valence electrons. The van der Waals surface area contributed by atoms with Crippen molar-refractivity contribution in [2.24, 2.45) is 0 Å². The number of halogens is 1. The van der Waals surface area contributed by atoms with Crippen molar-refractivity contribution in [1.82, 2.24) is 20.2 Å². The van der Waals surface area contributed by atoms with Gasteiger partial charge in [0, 0.05) is 16.3 Å². The lowest BCUT2D eigenvalue weighted by Gasteiger charge is -2.40. The maximum absolute atomic E-state index is 13.2. The van der Waals surface area contributed by atoms with Crippen LogP contribution < -0.4 is 5.32 Å². The van der Waals surface area contributed by atoms with Crippen LogP contribution in [-0.4, -0.2) is 26.1 Å². The summed E-state index contributed by atoms with van der Waals surface area (Å²) < 4.78 is 1.88. The van der Waals surface area contributed by atoms with Gasteiger partial charge >= 0.3 is 0 Å². The summed E-state index contributed by atoms with van der Waals surface area (Å²) in [7, 11) is 0. The van der Waals surface area contributed by atoms with Gasteiger partial charge in [-0.05, 0) is 65.9 Å². The van der Waals surface area contributed by atoms with E-state index in [0.717, 1.165) is 54.7 Å². The SMILES string of the molecule is O=C(Nc1cccc(-c2nnnn2C2CC2)c1)C1(c2cccc(Cl)c2)CCC1. The Morgan fingerprint density at radius 1 is 1.14 bits per heavy atom. The number of benzene rings is 2. The molecule has 28 heavy (non-hydrogen) atoms. The minimum atomic E-state index is -0.503. The van der Waals surface area contributed by atoms with Crippen molar-refractivity contribution in [3.63, 3.8) is 0 Å². The Bertz CT molecular complexity index is 1040. The molecule has 7 heteroatoms. The van der Waals surface area contributed by atoms with Gasteiger partial charge < -0.3 is 5.32 Å². The molecule has 2 saturated carbocycles. The molecular formula is C21H20ClN5O. The molecule has 2 aliphatic carbocycles. The first-order chi connectivity index (χ1) is 13.7. The lowest BCUT2D eigenvalue weighted by Crippen LogP contribution is -2.46. The molecule has 0 saturated heterocycles. The van der Waals surface area contributed by atoms with Crippen LogP contribution in [0.1, 0.15) is 43.7 Å². The molecule has 2 fully saturated rings. The average molecular weight is 394 g/mol. The first-order valence-corrected chi connectivity index (χ1v) is 9.99. The van der Waals surface area contributed by atoms with Crippen molar-refractivity contribution >= 4 is 23.2 Å². The number of tetrazole rings is 1. The molecule has 1 heterocycles. The molecule has 2 aromatic carbocycles. The van der Waals surface area contributed by atoms with Crippen molar-refractivity contribution in [1.29, 1.82) is 0 Å². The van der Waals surface area contributed by atoms with Crippen LogP contribution in [-0.2, 0) is 10.2 Å². The van der Waals surface area contributed by atoms with Crippen LogP contribution in [0.4, 0.5) is 5.69 Å². The zero-order chi connectivity index (χ0) is 19.1. The number of hydrogen-bond donors (Lipinski definition) is 1. The molecule has 0 radical (unpaired) electrons. The van der Waals surface area contributed by atoms with Gasteiger partial charge in [-0.3, -0.25) is 4.79 Å². The number of carbonyl (C=O) groups excluding carboxylic acids is 1. The second-order valence-corrected chi connectivity index (χ2v) is 8.10. The van der Waals surface area contributed by atoms with Gasteiger partial charge in [-0.2, -0.15) is 0 Å². The molecular weight excluding hydrogens is 374 g/mol. The largest absolute Gasteiger partial charge is 0.325 e. The summed E-state index contributed by atoms with van der Waals surface area (Å²) in [6.45, 7) is 0. The van der Waals surface area contributed by atoms with Gasteiger partial charge in [-0.25, -0.2) is 4.68 Å². The van der Waals surface area contributed by atoms with E-state index in [1.54, 1.807) is 0 Å². The van der Waals surface area contributed by atoms with Gasteiger partial charge in [-0.1, -0.05) is 42.3 Å². The molecule has 0 unspecified atom stereocenters. The van der Waals surface area contributed by atoms with Crippen LogP contribution in [0.2, 0.25) is 5.02 Å². The molecule has 3 aromatic rings. The molecule has 2 aliphatic rings. The summed E-state index contributed by atoms with van der Waals surface area (Å²) in [5.74, 6) is 0.756. The van der Waals surface area contributed by atoms with E-state index in [2.05, 4.69) is 20.8 Å². The summed E-state index contributed by atoms with van der Waals surface area (Å²) in [6.07, 6.45) is 4.92.